The lowest BCUT2D eigenvalue weighted by atomic mass is 9.95. The molecule has 0 saturated carbocycles. The zero-order valence-corrected chi connectivity index (χ0v) is 16.1. The second-order valence-electron chi connectivity index (χ2n) is 6.65. The molecule has 1 heterocycles. The van der Waals surface area contributed by atoms with E-state index >= 15 is 0 Å². The lowest BCUT2D eigenvalue weighted by Gasteiger charge is -2.16. The first-order valence-corrected chi connectivity index (χ1v) is 9.31. The highest BCUT2D eigenvalue weighted by atomic mass is 16.2. The molecule has 142 valence electrons. The van der Waals surface area contributed by atoms with Crippen LogP contribution < -0.4 is 11.4 Å². The molecular weight excluding hydrogens is 352 g/mol. The Morgan fingerprint density at radius 2 is 1.82 bits per heavy atom. The summed E-state index contributed by atoms with van der Waals surface area (Å²) in [7, 11) is 1.42. The molecule has 0 spiro atoms. The Morgan fingerprint density at radius 3 is 2.50 bits per heavy atom. The monoisotopic (exact) mass is 374 g/mol. The fourth-order valence-electron chi connectivity index (χ4n) is 3.21. The Kier molecular flexibility index (Phi) is 5.85. The third-order valence-electron chi connectivity index (χ3n) is 4.79. The summed E-state index contributed by atoms with van der Waals surface area (Å²) in [5.41, 5.74) is 2.14. The minimum Gasteiger partial charge on any atom is -0.277 e. The lowest BCUT2D eigenvalue weighted by molar-refractivity contribution is 0.558. The highest BCUT2D eigenvalue weighted by molar-refractivity contribution is 5.70. The van der Waals surface area contributed by atoms with Crippen LogP contribution in [-0.4, -0.2) is 14.1 Å². The molecule has 3 rings (SSSR count). The smallest absolute Gasteiger partial charge is 0.277 e. The molecule has 1 aromatic heterocycles. The third-order valence-corrected chi connectivity index (χ3v) is 4.79. The topological polar surface area (TPSA) is 80.7 Å². The van der Waals surface area contributed by atoms with Crippen LogP contribution in [0.4, 0.5) is 0 Å². The van der Waals surface area contributed by atoms with Crippen LogP contribution in [0.1, 0.15) is 36.7 Å². The van der Waals surface area contributed by atoms with Crippen molar-refractivity contribution >= 4 is 0 Å². The Hall–Kier alpha value is -3.46. The van der Waals surface area contributed by atoms with Crippen molar-refractivity contribution in [2.24, 2.45) is 7.05 Å². The number of aromatic nitrogens is 3. The number of nitriles is 1. The van der Waals surface area contributed by atoms with Gasteiger partial charge in [-0.25, -0.2) is 14.2 Å². The number of aryl methyl sites for hydroxylation is 1. The van der Waals surface area contributed by atoms with Crippen molar-refractivity contribution in [1.29, 1.82) is 5.26 Å². The van der Waals surface area contributed by atoms with E-state index in [2.05, 4.69) is 11.1 Å². The summed E-state index contributed by atoms with van der Waals surface area (Å²) in [6, 6.07) is 17.5. The average Bonchev–Trinajstić information content (AvgIpc) is 2.73. The molecular formula is C22H22N4O2. The highest BCUT2D eigenvalue weighted by Crippen LogP contribution is 2.27. The Balaban J connectivity index is 2.20. The molecule has 0 aliphatic carbocycles. The van der Waals surface area contributed by atoms with Crippen molar-refractivity contribution in [3.05, 3.63) is 86.5 Å². The largest absolute Gasteiger partial charge is 0.353 e. The molecule has 6 heteroatoms. The standard InChI is InChI=1S/C22H22N4O2/c1-3-4-13-20-24-21(27)25(2)22(28)26(20)15-19-17(14-23)11-8-12-18(19)16-9-6-5-7-10-16/h5-12H,3-4,13,15H2,1-2H3. The molecule has 0 bridgehead atoms. The van der Waals surface area contributed by atoms with Crippen LogP contribution in [-0.2, 0) is 20.0 Å². The van der Waals surface area contributed by atoms with E-state index in [-0.39, 0.29) is 6.54 Å². The Labute approximate surface area is 163 Å². The summed E-state index contributed by atoms with van der Waals surface area (Å²) in [5.74, 6) is 0.460. The van der Waals surface area contributed by atoms with Crippen LogP contribution in [0.2, 0.25) is 0 Å². The molecule has 0 aliphatic rings. The van der Waals surface area contributed by atoms with Crippen molar-refractivity contribution < 1.29 is 0 Å². The average molecular weight is 374 g/mol. The van der Waals surface area contributed by atoms with E-state index in [1.807, 2.05) is 49.4 Å². The Morgan fingerprint density at radius 1 is 1.07 bits per heavy atom. The van der Waals surface area contributed by atoms with Gasteiger partial charge in [0, 0.05) is 13.5 Å². The molecule has 0 fully saturated rings. The maximum Gasteiger partial charge on any atom is 0.353 e. The second kappa shape index (κ2) is 8.49. The normalized spacial score (nSPS) is 10.6. The lowest BCUT2D eigenvalue weighted by Crippen LogP contribution is -2.42. The summed E-state index contributed by atoms with van der Waals surface area (Å²) in [6.07, 6.45) is 2.29. The molecule has 0 unspecified atom stereocenters. The van der Waals surface area contributed by atoms with E-state index in [9.17, 15) is 14.9 Å². The first-order chi connectivity index (χ1) is 13.6. The second-order valence-corrected chi connectivity index (χ2v) is 6.65. The van der Waals surface area contributed by atoms with Gasteiger partial charge in [0.2, 0.25) is 0 Å². The first kappa shape index (κ1) is 19.3. The fraction of sp³-hybridized carbons (Fsp3) is 0.273. The molecule has 6 nitrogen and oxygen atoms in total. The predicted molar refractivity (Wildman–Crippen MR) is 108 cm³/mol. The molecule has 2 aromatic carbocycles. The van der Waals surface area contributed by atoms with Gasteiger partial charge in [0.05, 0.1) is 18.2 Å². The summed E-state index contributed by atoms with van der Waals surface area (Å²) < 4.78 is 2.52. The zero-order valence-electron chi connectivity index (χ0n) is 16.1. The van der Waals surface area contributed by atoms with Gasteiger partial charge in [-0.1, -0.05) is 55.8 Å². The van der Waals surface area contributed by atoms with Crippen LogP contribution in [0.5, 0.6) is 0 Å². The minimum atomic E-state index is -0.552. The Bertz CT molecular complexity index is 1140. The summed E-state index contributed by atoms with van der Waals surface area (Å²) in [4.78, 5) is 29.0. The fourth-order valence-corrected chi connectivity index (χ4v) is 3.21. The molecule has 0 amide bonds. The molecule has 0 N–H and O–H groups in total. The maximum atomic E-state index is 12.8. The van der Waals surface area contributed by atoms with Crippen molar-refractivity contribution in [2.75, 3.05) is 0 Å². The van der Waals surface area contributed by atoms with Crippen LogP contribution >= 0.6 is 0 Å². The van der Waals surface area contributed by atoms with Crippen LogP contribution in [0.3, 0.4) is 0 Å². The number of rotatable bonds is 6. The van der Waals surface area contributed by atoms with E-state index in [0.717, 1.165) is 34.1 Å². The SMILES string of the molecule is CCCCc1nc(=O)n(C)c(=O)n1Cc1c(C#N)cccc1-c1ccccc1. The van der Waals surface area contributed by atoms with Crippen LogP contribution in [0, 0.1) is 11.3 Å². The first-order valence-electron chi connectivity index (χ1n) is 9.31. The van der Waals surface area contributed by atoms with Crippen molar-refractivity contribution in [1.82, 2.24) is 14.1 Å². The van der Waals surface area contributed by atoms with Crippen molar-refractivity contribution in [3.8, 4) is 17.2 Å². The van der Waals surface area contributed by atoms with Gasteiger partial charge in [-0.2, -0.15) is 10.2 Å². The summed E-state index contributed by atoms with van der Waals surface area (Å²) in [5, 5.41) is 9.64. The molecule has 0 saturated heterocycles. The van der Waals surface area contributed by atoms with Gasteiger partial charge in [-0.05, 0) is 29.2 Å². The number of hydrogen-bond acceptors (Lipinski definition) is 4. The van der Waals surface area contributed by atoms with Gasteiger partial charge in [0.15, 0.2) is 0 Å². The van der Waals surface area contributed by atoms with Crippen LogP contribution in [0.15, 0.2) is 58.1 Å². The molecule has 0 radical (unpaired) electrons. The predicted octanol–water partition coefficient (Wildman–Crippen LogP) is 2.87. The quantitative estimate of drug-likeness (QED) is 0.664. The van der Waals surface area contributed by atoms with Gasteiger partial charge in [-0.3, -0.25) is 4.57 Å². The summed E-state index contributed by atoms with van der Waals surface area (Å²) >= 11 is 0. The number of unbranched alkanes of at least 4 members (excludes halogenated alkanes) is 1. The van der Waals surface area contributed by atoms with Crippen molar-refractivity contribution in [3.63, 3.8) is 0 Å². The van der Waals surface area contributed by atoms with Gasteiger partial charge in [0.25, 0.3) is 0 Å². The van der Waals surface area contributed by atoms with E-state index in [0.29, 0.717) is 17.8 Å². The van der Waals surface area contributed by atoms with E-state index in [1.54, 1.807) is 6.07 Å². The van der Waals surface area contributed by atoms with E-state index < -0.39 is 11.4 Å². The third kappa shape index (κ3) is 3.79. The van der Waals surface area contributed by atoms with Crippen molar-refractivity contribution in [2.45, 2.75) is 32.7 Å². The maximum absolute atomic E-state index is 12.8. The number of benzene rings is 2. The highest BCUT2D eigenvalue weighted by Gasteiger charge is 2.16. The molecule has 28 heavy (non-hydrogen) atoms. The molecule has 3 aromatic rings. The number of nitrogens with zero attached hydrogens (tertiary/aromatic N) is 4. The van der Waals surface area contributed by atoms with Gasteiger partial charge in [-0.15, -0.1) is 0 Å². The van der Waals surface area contributed by atoms with E-state index in [1.165, 1.54) is 11.6 Å². The van der Waals surface area contributed by atoms with Crippen LogP contribution in [0.25, 0.3) is 11.1 Å². The number of hydrogen-bond donors (Lipinski definition) is 0. The van der Waals surface area contributed by atoms with Gasteiger partial charge < -0.3 is 0 Å². The molecule has 0 atom stereocenters. The van der Waals surface area contributed by atoms with Gasteiger partial charge in [0.1, 0.15) is 5.82 Å². The van der Waals surface area contributed by atoms with E-state index in [4.69, 9.17) is 0 Å². The minimum absolute atomic E-state index is 0.187. The zero-order chi connectivity index (χ0) is 20.1. The molecule has 0 aliphatic heterocycles. The van der Waals surface area contributed by atoms with Gasteiger partial charge >= 0.3 is 11.4 Å². The summed E-state index contributed by atoms with van der Waals surface area (Å²) in [6.45, 7) is 2.23.